The number of anilines is 1. The fourth-order valence-electron chi connectivity index (χ4n) is 1.88. The van der Waals surface area contributed by atoms with E-state index in [4.69, 9.17) is 0 Å². The Bertz CT molecular complexity index is 473. The van der Waals surface area contributed by atoms with Crippen LogP contribution >= 0.6 is 0 Å². The van der Waals surface area contributed by atoms with Crippen LogP contribution in [-0.2, 0) is 9.84 Å². The van der Waals surface area contributed by atoms with Crippen LogP contribution in [0.25, 0.3) is 0 Å². The highest BCUT2D eigenvalue weighted by atomic mass is 32.2. The van der Waals surface area contributed by atoms with E-state index >= 15 is 0 Å². The Morgan fingerprint density at radius 2 is 2.31 bits per heavy atom. The van der Waals surface area contributed by atoms with E-state index in [1.165, 1.54) is 0 Å². The average Bonchev–Trinajstić information content (AvgIpc) is 2.15. The molecule has 0 saturated carbocycles. The molecule has 6 heteroatoms. The zero-order valence-electron chi connectivity index (χ0n) is 9.18. The number of aromatic nitrogens is 2. The fraction of sp³-hybridized carbons (Fsp3) is 0.600. The minimum absolute atomic E-state index is 0.0325. The van der Waals surface area contributed by atoms with Crippen molar-refractivity contribution in [1.29, 1.82) is 0 Å². The van der Waals surface area contributed by atoms with Crippen LogP contribution in [0.1, 0.15) is 18.4 Å². The van der Waals surface area contributed by atoms with Crippen molar-refractivity contribution in [2.45, 2.75) is 25.8 Å². The average molecular weight is 241 g/mol. The number of aryl methyl sites for hydroxylation is 1. The van der Waals surface area contributed by atoms with Gasteiger partial charge < -0.3 is 5.32 Å². The number of hydrogen-bond donors (Lipinski definition) is 1. The van der Waals surface area contributed by atoms with Gasteiger partial charge in [-0.05, 0) is 31.4 Å². The summed E-state index contributed by atoms with van der Waals surface area (Å²) in [6, 6.07) is 1.84. The number of sulfone groups is 1. The van der Waals surface area contributed by atoms with E-state index in [0.717, 1.165) is 18.4 Å². The molecule has 1 aliphatic heterocycles. The highest BCUT2D eigenvalue weighted by molar-refractivity contribution is 7.91. The monoisotopic (exact) mass is 241 g/mol. The van der Waals surface area contributed by atoms with Crippen LogP contribution in [0, 0.1) is 6.92 Å². The van der Waals surface area contributed by atoms with E-state index in [1.807, 2.05) is 13.0 Å². The Balaban J connectivity index is 2.05. The molecule has 1 N–H and O–H groups in total. The molecule has 1 saturated heterocycles. The molecule has 0 aliphatic carbocycles. The Kier molecular flexibility index (Phi) is 3.09. The molecule has 0 radical (unpaired) electrons. The largest absolute Gasteiger partial charge is 0.365 e. The Morgan fingerprint density at radius 1 is 1.50 bits per heavy atom. The van der Waals surface area contributed by atoms with Gasteiger partial charge in [-0.25, -0.2) is 8.42 Å². The van der Waals surface area contributed by atoms with Gasteiger partial charge in [-0.3, -0.25) is 0 Å². The maximum absolute atomic E-state index is 11.4. The van der Waals surface area contributed by atoms with Crippen molar-refractivity contribution >= 4 is 15.7 Å². The molecule has 5 nitrogen and oxygen atoms in total. The molecule has 0 aromatic carbocycles. The van der Waals surface area contributed by atoms with E-state index in [1.54, 1.807) is 6.20 Å². The van der Waals surface area contributed by atoms with Gasteiger partial charge in [0.15, 0.2) is 9.84 Å². The molecule has 1 unspecified atom stereocenters. The molecule has 2 heterocycles. The molecular formula is C10H15N3O2S. The predicted octanol–water partition coefficient (Wildman–Crippen LogP) is 0.774. The summed E-state index contributed by atoms with van der Waals surface area (Å²) in [6.07, 6.45) is 3.26. The second-order valence-corrected chi connectivity index (χ2v) is 6.44. The predicted molar refractivity (Wildman–Crippen MR) is 62.1 cm³/mol. The lowest BCUT2D eigenvalue weighted by atomic mass is 10.2. The molecule has 1 aliphatic rings. The normalized spacial score (nSPS) is 23.9. The third-order valence-electron chi connectivity index (χ3n) is 2.61. The van der Waals surface area contributed by atoms with Gasteiger partial charge in [0.1, 0.15) is 5.82 Å². The van der Waals surface area contributed by atoms with Crippen molar-refractivity contribution in [2.75, 3.05) is 16.8 Å². The minimum Gasteiger partial charge on any atom is -0.365 e. The summed E-state index contributed by atoms with van der Waals surface area (Å²) in [7, 11) is -2.87. The van der Waals surface area contributed by atoms with Gasteiger partial charge in [0.2, 0.25) is 0 Å². The quantitative estimate of drug-likeness (QED) is 0.828. The van der Waals surface area contributed by atoms with Gasteiger partial charge in [-0.15, -0.1) is 5.10 Å². The molecule has 1 atom stereocenters. The summed E-state index contributed by atoms with van der Waals surface area (Å²) in [4.78, 5) is 0. The number of hydrogen-bond acceptors (Lipinski definition) is 5. The van der Waals surface area contributed by atoms with E-state index in [-0.39, 0.29) is 11.8 Å². The molecule has 1 aromatic rings. The molecule has 0 amide bonds. The minimum atomic E-state index is -2.87. The topological polar surface area (TPSA) is 72.0 Å². The van der Waals surface area contributed by atoms with Crippen LogP contribution in [0.2, 0.25) is 0 Å². The van der Waals surface area contributed by atoms with Crippen molar-refractivity contribution in [3.05, 3.63) is 17.8 Å². The van der Waals surface area contributed by atoms with E-state index in [0.29, 0.717) is 11.6 Å². The summed E-state index contributed by atoms with van der Waals surface area (Å²) in [5, 5.41) is 10.9. The number of nitrogens with one attached hydrogen (secondary N) is 1. The third-order valence-corrected chi connectivity index (χ3v) is 4.43. The van der Waals surface area contributed by atoms with Gasteiger partial charge in [-0.2, -0.15) is 5.10 Å². The molecule has 2 rings (SSSR count). The summed E-state index contributed by atoms with van der Waals surface area (Å²) < 4.78 is 22.9. The van der Waals surface area contributed by atoms with E-state index < -0.39 is 9.84 Å². The molecule has 0 spiro atoms. The molecule has 16 heavy (non-hydrogen) atoms. The van der Waals surface area contributed by atoms with Crippen LogP contribution < -0.4 is 5.32 Å². The molecule has 1 fully saturated rings. The zero-order valence-corrected chi connectivity index (χ0v) is 10.00. The summed E-state index contributed by atoms with van der Waals surface area (Å²) in [5.74, 6) is 1.16. The number of rotatable bonds is 2. The fourth-order valence-corrected chi connectivity index (χ4v) is 3.52. The molecular weight excluding hydrogens is 226 g/mol. The lowest BCUT2D eigenvalue weighted by Gasteiger charge is -2.23. The maximum Gasteiger partial charge on any atom is 0.152 e. The third kappa shape index (κ3) is 2.91. The highest BCUT2D eigenvalue weighted by Crippen LogP contribution is 2.16. The van der Waals surface area contributed by atoms with Crippen molar-refractivity contribution in [2.24, 2.45) is 0 Å². The van der Waals surface area contributed by atoms with Crippen LogP contribution in [0.4, 0.5) is 5.82 Å². The van der Waals surface area contributed by atoms with Crippen LogP contribution in [0.15, 0.2) is 12.3 Å². The second kappa shape index (κ2) is 4.37. The van der Waals surface area contributed by atoms with Gasteiger partial charge in [-0.1, -0.05) is 0 Å². The van der Waals surface area contributed by atoms with Crippen molar-refractivity contribution < 1.29 is 8.42 Å². The highest BCUT2D eigenvalue weighted by Gasteiger charge is 2.24. The maximum atomic E-state index is 11.4. The van der Waals surface area contributed by atoms with Gasteiger partial charge in [0.25, 0.3) is 0 Å². The first kappa shape index (κ1) is 11.3. The lowest BCUT2D eigenvalue weighted by molar-refractivity contribution is 0.561. The molecule has 1 aromatic heterocycles. The van der Waals surface area contributed by atoms with Gasteiger partial charge in [0, 0.05) is 6.04 Å². The zero-order chi connectivity index (χ0) is 11.6. The standard InChI is InChI=1S/C10H15N3O2S/c1-8-5-10(13-11-6-8)12-9-3-2-4-16(14,15)7-9/h5-6,9H,2-4,7H2,1H3,(H,12,13). The summed E-state index contributed by atoms with van der Waals surface area (Å²) in [5.41, 5.74) is 1.01. The van der Waals surface area contributed by atoms with Crippen LogP contribution in [-0.4, -0.2) is 36.2 Å². The first-order valence-corrected chi connectivity index (χ1v) is 7.14. The summed E-state index contributed by atoms with van der Waals surface area (Å²) >= 11 is 0. The van der Waals surface area contributed by atoms with Crippen LogP contribution in [0.3, 0.4) is 0 Å². The van der Waals surface area contributed by atoms with Gasteiger partial charge in [0.05, 0.1) is 17.7 Å². The summed E-state index contributed by atoms with van der Waals surface area (Å²) in [6.45, 7) is 1.93. The van der Waals surface area contributed by atoms with Gasteiger partial charge >= 0.3 is 0 Å². The SMILES string of the molecule is Cc1cnnc(NC2CCCS(=O)(=O)C2)c1. The van der Waals surface area contributed by atoms with Crippen molar-refractivity contribution in [3.8, 4) is 0 Å². The first-order valence-electron chi connectivity index (χ1n) is 5.31. The molecule has 0 bridgehead atoms. The van der Waals surface area contributed by atoms with Crippen LogP contribution in [0.5, 0.6) is 0 Å². The first-order chi connectivity index (χ1) is 7.55. The van der Waals surface area contributed by atoms with E-state index in [2.05, 4.69) is 15.5 Å². The van der Waals surface area contributed by atoms with Crippen molar-refractivity contribution in [1.82, 2.24) is 10.2 Å². The molecule has 88 valence electrons. The second-order valence-electron chi connectivity index (χ2n) is 4.22. The number of nitrogens with zero attached hydrogens (tertiary/aromatic N) is 2. The van der Waals surface area contributed by atoms with E-state index in [9.17, 15) is 8.42 Å². The smallest absolute Gasteiger partial charge is 0.152 e. The lowest BCUT2D eigenvalue weighted by Crippen LogP contribution is -2.35. The Hall–Kier alpha value is -1.17. The van der Waals surface area contributed by atoms with Crippen molar-refractivity contribution in [3.63, 3.8) is 0 Å². The Labute approximate surface area is 95.2 Å². The Morgan fingerprint density at radius 3 is 3.00 bits per heavy atom.